The molecule has 20 nitrogen and oxygen atoms in total. The van der Waals surface area contributed by atoms with Crippen molar-refractivity contribution in [3.8, 4) is 40.2 Å². The quantitative estimate of drug-likeness (QED) is 0.0126. The van der Waals surface area contributed by atoms with Crippen molar-refractivity contribution in [2.45, 2.75) is 205 Å². The van der Waals surface area contributed by atoms with Gasteiger partial charge >= 0.3 is 6.03 Å². The maximum Gasteiger partial charge on any atom is 0.318 e. The summed E-state index contributed by atoms with van der Waals surface area (Å²) in [6.45, 7) is 34.1. The van der Waals surface area contributed by atoms with Crippen LogP contribution in [0.4, 0.5) is 48.7 Å². The minimum absolute atomic E-state index is 0.00986. The lowest BCUT2D eigenvalue weighted by Gasteiger charge is -2.41. The Balaban J connectivity index is 0.000000214. The third-order valence-electron chi connectivity index (χ3n) is 25.8. The average molecular weight is 2180 g/mol. The normalized spacial score (nSPS) is 18.2. The highest BCUT2D eigenvalue weighted by Gasteiger charge is 2.51. The molecule has 32 heteroatoms. The first-order valence-electron chi connectivity index (χ1n) is 47.7. The second kappa shape index (κ2) is 53.3. The van der Waals surface area contributed by atoms with E-state index in [2.05, 4.69) is 57.4 Å². The van der Waals surface area contributed by atoms with Gasteiger partial charge in [0.1, 0.15) is 111 Å². The largest absolute Gasteiger partial charge is 0.497 e. The fraction of sp³-hybridized carbons (Fsp3) is 0.353. The Morgan fingerprint density at radius 2 is 0.770 bits per heavy atom. The fourth-order valence-electron chi connectivity index (χ4n) is 16.8. The Labute approximate surface area is 879 Å². The highest BCUT2D eigenvalue weighted by molar-refractivity contribution is 14.1. The molecule has 0 saturated heterocycles. The molecule has 11 aromatic rings. The lowest BCUT2D eigenvalue weighted by molar-refractivity contribution is -0.0268. The van der Waals surface area contributed by atoms with Gasteiger partial charge in [-0.2, -0.15) is 0 Å². The highest BCUT2D eigenvalue weighted by atomic mass is 127. The van der Waals surface area contributed by atoms with Gasteiger partial charge in [-0.05, 0) is 214 Å². The average Bonchev–Trinajstić information content (AvgIpc) is 0.751. The number of halogens is 11. The van der Waals surface area contributed by atoms with Crippen molar-refractivity contribution in [1.29, 1.82) is 0 Å². The number of aliphatic imine (C=N–C) groups is 2. The van der Waals surface area contributed by atoms with Crippen molar-refractivity contribution >= 4 is 51.7 Å². The number of urea groups is 1. The SMILES string of the molecule is C=C[C@H](F)[C@](C)(N)c1ccccc1F.C=C[C@H](F)[C@](C)(NC(=O)N(Cc1ccc(C)cc1OC)Cc1ccc(OC)cc1OC)c1ccccc1F.C=C[C@H](F)[C@](C)(N[S@](=O)C(C)(C)C)c1ccccc1F.COc1ccc(CN(Cc2ccc(C)cc2OC)C2=N[C@](C)(c3ccccc3F)[C@@H](F)[C@@H](CI)O2)c(C)c1.COc1ccc(CN(Cc2ccc(C)cc2OC)C2=N[C@](C)(c3ccccc3F)[C@@H](F)[C@@H](CO)O2)c(C)c1. The number of nitrogens with two attached hydrogens (primary N) is 1. The van der Waals surface area contributed by atoms with E-state index >= 15 is 13.2 Å². The van der Waals surface area contributed by atoms with E-state index in [-0.39, 0.29) is 53.0 Å². The van der Waals surface area contributed by atoms with E-state index in [0.29, 0.717) is 59.2 Å². The summed E-state index contributed by atoms with van der Waals surface area (Å²) in [4.78, 5) is 28.6. The number of hydrogen-bond acceptors (Lipinski definition) is 17. The standard InChI is InChI=1S/C30H33F2IN2O3.2C30H34F2N2O4.C15H21F2NOS.C11H13F2N/c1-19-10-11-22(26(14-19)37-5)18-35(17-21-12-13-23(36-4)15-20(21)2)29-34-30(3,28(32)27(16-33)38-29)24-8-6-7-9-25(24)31;1-19-10-11-22(26(14-19)37-5)17-34(16-21-12-13-23(36-4)15-20(21)2)29-33-30(3,28(32)27(18-35)38-29)24-8-6-7-9-25(24)31;1-7-28(32)30(3,24-10-8-9-11-25(24)31)33-29(35)34(18-21-13-12-20(2)16-26(21)37-5)19-22-14-15-23(36-4)17-27(22)38-6;1-6-13(17)15(5,18-20(19)14(2,3)4)11-9-7-8-10-12(11)16;1-3-10(13)11(2,14)8-6-4-5-7-9(8)12/h6-15,27-28H,16-18H2,1-5H3;6-15,27-28,35H,16-18H2,1-5H3;7-17,28H,1,18-19H2,2-6H3,(H,33,35);6-10,13,18H,1H2,2-5H3;3-7,10H,1,14H2,2H3/t2*27-,28+,30-;28-,30+;13-,15+,20+;10-,11+/m11000/s1. The lowest BCUT2D eigenvalue weighted by Crippen LogP contribution is -2.54. The van der Waals surface area contributed by atoms with Gasteiger partial charge in [0.05, 0.1) is 109 Å². The molecule has 0 aromatic heterocycles. The molecule has 0 saturated carbocycles. The molecule has 0 unspecified atom stereocenters. The van der Waals surface area contributed by atoms with Crippen molar-refractivity contribution in [1.82, 2.24) is 24.7 Å². The number of hydrogen-bond donors (Lipinski definition) is 4. The number of nitrogens with zero attached hydrogens (tertiary/aromatic N) is 5. The number of rotatable bonds is 35. The zero-order valence-electron chi connectivity index (χ0n) is 87.3. The predicted octanol–water partition coefficient (Wildman–Crippen LogP) is 24.8. The summed E-state index contributed by atoms with van der Waals surface area (Å²) in [6, 6.07) is 64.0. The number of aliphatic hydroxyl groups is 1. The predicted molar refractivity (Wildman–Crippen MR) is 574 cm³/mol. The molecule has 11 aromatic carbocycles. The van der Waals surface area contributed by atoms with Crippen LogP contribution in [0.2, 0.25) is 0 Å². The van der Waals surface area contributed by atoms with E-state index in [0.717, 1.165) is 91.1 Å². The molecule has 0 fully saturated rings. The van der Waals surface area contributed by atoms with Crippen LogP contribution in [0.3, 0.4) is 0 Å². The van der Waals surface area contributed by atoms with E-state index in [1.807, 2.05) is 135 Å². The number of alkyl halides is 6. The zero-order chi connectivity index (χ0) is 109. The highest BCUT2D eigenvalue weighted by Crippen LogP contribution is 2.45. The summed E-state index contributed by atoms with van der Waals surface area (Å²) in [6.07, 6.45) is -6.94. The Kier molecular flexibility index (Phi) is 42.7. The second-order valence-electron chi connectivity index (χ2n) is 37.7. The van der Waals surface area contributed by atoms with Crippen LogP contribution < -0.4 is 48.9 Å². The number of ether oxygens (including phenoxy) is 9. The van der Waals surface area contributed by atoms with Crippen LogP contribution in [-0.2, 0) is 87.4 Å². The van der Waals surface area contributed by atoms with Crippen LogP contribution in [-0.4, -0.2) is 151 Å². The topological polar surface area (TPSA) is 222 Å². The molecule has 2 amide bonds. The molecule has 148 heavy (non-hydrogen) atoms. The molecule has 2 aliphatic rings. The van der Waals surface area contributed by atoms with Gasteiger partial charge in [0.15, 0.2) is 18.4 Å². The van der Waals surface area contributed by atoms with Crippen molar-refractivity contribution in [3.05, 3.63) is 387 Å². The van der Waals surface area contributed by atoms with Gasteiger partial charge < -0.3 is 73.5 Å². The van der Waals surface area contributed by atoms with Crippen LogP contribution >= 0.6 is 22.6 Å². The monoisotopic (exact) mass is 2180 g/mol. The maximum absolute atomic E-state index is 15.9. The Morgan fingerprint density at radius 3 is 1.12 bits per heavy atom. The number of amidine groups is 2. The summed E-state index contributed by atoms with van der Waals surface area (Å²) >= 11 is 2.11. The fourth-order valence-corrected chi connectivity index (χ4v) is 18.3. The third-order valence-corrected chi connectivity index (χ3v) is 28.4. The maximum atomic E-state index is 15.9. The Hall–Kier alpha value is -12.9. The van der Waals surface area contributed by atoms with Gasteiger partial charge in [-0.25, -0.2) is 67.6 Å². The first-order valence-corrected chi connectivity index (χ1v) is 50.3. The van der Waals surface area contributed by atoms with Crippen LogP contribution in [0, 0.1) is 63.7 Å². The Bertz CT molecular complexity index is 6240. The second-order valence-corrected chi connectivity index (χ2v) is 40.6. The minimum atomic E-state index is -1.77. The third kappa shape index (κ3) is 29.2. The first kappa shape index (κ1) is 119. The van der Waals surface area contributed by atoms with E-state index in [1.54, 1.807) is 137 Å². The summed E-state index contributed by atoms with van der Waals surface area (Å²) in [5, 5.41) is 12.8. The molecule has 13 rings (SSSR count). The number of amides is 2. The van der Waals surface area contributed by atoms with Crippen LogP contribution in [0.5, 0.6) is 40.2 Å². The van der Waals surface area contributed by atoms with E-state index in [4.69, 9.17) is 53.4 Å². The molecule has 794 valence electrons. The molecular formula is C116H135F10IN8O12S. The molecule has 2 aliphatic heterocycles. The van der Waals surface area contributed by atoms with Gasteiger partial charge in [-0.1, -0.05) is 180 Å². The number of methoxy groups -OCH3 is 7. The first-order chi connectivity index (χ1) is 70.2. The molecular weight excluding hydrogens is 2050 g/mol. The van der Waals surface area contributed by atoms with E-state index in [9.17, 15) is 44.8 Å². The van der Waals surface area contributed by atoms with Gasteiger partial charge in [0, 0.05) is 73.7 Å². The smallest absolute Gasteiger partial charge is 0.318 e. The van der Waals surface area contributed by atoms with Gasteiger partial charge in [0.2, 0.25) is 0 Å². The number of aliphatic hydroxyl groups excluding tert-OH is 1. The molecule has 5 N–H and O–H groups in total. The molecule has 13 atom stereocenters. The van der Waals surface area contributed by atoms with Gasteiger partial charge in [-0.3, -0.25) is 0 Å². The Morgan fingerprint density at radius 1 is 0.453 bits per heavy atom. The van der Waals surface area contributed by atoms with Crippen molar-refractivity contribution in [3.63, 3.8) is 0 Å². The molecule has 0 radical (unpaired) electrons. The number of nitrogens with one attached hydrogen (secondary N) is 2. The molecule has 0 bridgehead atoms. The van der Waals surface area contributed by atoms with Crippen molar-refractivity contribution < 1.29 is 101 Å². The number of aryl methyl sites for hydroxylation is 5. The zero-order valence-corrected chi connectivity index (χ0v) is 90.3. The number of carbonyl (C=O) groups is 1. The summed E-state index contributed by atoms with van der Waals surface area (Å²) in [5.41, 5.74) is 9.09. The van der Waals surface area contributed by atoms with Gasteiger partial charge in [-0.15, -0.1) is 19.7 Å². The van der Waals surface area contributed by atoms with Gasteiger partial charge in [0.25, 0.3) is 12.0 Å². The summed E-state index contributed by atoms with van der Waals surface area (Å²) in [7, 11) is 9.58. The summed E-state index contributed by atoms with van der Waals surface area (Å²) < 4.78 is 212. The van der Waals surface area contributed by atoms with Crippen molar-refractivity contribution in [2.75, 3.05) is 60.8 Å². The van der Waals surface area contributed by atoms with Crippen LogP contribution in [0.25, 0.3) is 0 Å². The lowest BCUT2D eigenvalue weighted by atomic mass is 9.84. The van der Waals surface area contributed by atoms with E-state index < -0.39 is 128 Å². The van der Waals surface area contributed by atoms with Crippen LogP contribution in [0.1, 0.15) is 144 Å². The van der Waals surface area contributed by atoms with Crippen molar-refractivity contribution in [2.24, 2.45) is 15.7 Å². The number of benzene rings is 11. The number of carbonyl (C=O) groups excluding carboxylic acids is 1. The molecule has 0 aliphatic carbocycles. The van der Waals surface area contributed by atoms with E-state index in [1.165, 1.54) is 113 Å². The minimum Gasteiger partial charge on any atom is -0.497 e. The van der Waals surface area contributed by atoms with Crippen LogP contribution in [0.15, 0.2) is 278 Å². The molecule has 0 spiro atoms. The molecule has 2 heterocycles. The summed E-state index contributed by atoms with van der Waals surface area (Å²) in [5.74, 6) is 1.91.